The Morgan fingerprint density at radius 2 is 2.00 bits per heavy atom. The van der Waals surface area contributed by atoms with Gasteiger partial charge in [-0.05, 0) is 18.1 Å². The van der Waals surface area contributed by atoms with Crippen LogP contribution in [0.25, 0.3) is 5.57 Å². The summed E-state index contributed by atoms with van der Waals surface area (Å²) in [7, 11) is 0. The van der Waals surface area contributed by atoms with Gasteiger partial charge < -0.3 is 0 Å². The second-order valence-corrected chi connectivity index (χ2v) is 2.67. The van der Waals surface area contributed by atoms with Crippen LogP contribution < -0.4 is 0 Å². The van der Waals surface area contributed by atoms with Gasteiger partial charge in [0.15, 0.2) is 0 Å². The molecule has 0 aromatic heterocycles. The Balaban J connectivity index is 2.93. The van der Waals surface area contributed by atoms with Gasteiger partial charge in [0.2, 0.25) is 0 Å². The molecular weight excluding hydrogens is 162 g/mol. The lowest BCUT2D eigenvalue weighted by Gasteiger charge is -1.97. The fraction of sp³-hybridized carbons (Fsp3) is 0.0909. The Bertz CT molecular complexity index is 371. The number of carbonyl (C=O) groups is 1. The third-order valence-corrected chi connectivity index (χ3v) is 1.69. The lowest BCUT2D eigenvalue weighted by Crippen LogP contribution is -1.88. The van der Waals surface area contributed by atoms with E-state index in [9.17, 15) is 4.79 Å². The van der Waals surface area contributed by atoms with E-state index in [2.05, 4.69) is 0 Å². The van der Waals surface area contributed by atoms with Gasteiger partial charge in [-0.25, -0.2) is 0 Å². The number of nitrogens with zero attached hydrogens (tertiary/aromatic N) is 1. The van der Waals surface area contributed by atoms with Crippen LogP contribution >= 0.6 is 0 Å². The Labute approximate surface area is 77.1 Å². The van der Waals surface area contributed by atoms with Crippen LogP contribution in [0, 0.1) is 11.3 Å². The molecule has 2 nitrogen and oxygen atoms in total. The van der Waals surface area contributed by atoms with E-state index in [-0.39, 0.29) is 0 Å². The summed E-state index contributed by atoms with van der Waals surface area (Å²) < 4.78 is 0. The van der Waals surface area contributed by atoms with Crippen LogP contribution in [0.5, 0.6) is 0 Å². The summed E-state index contributed by atoms with van der Waals surface area (Å²) >= 11 is 0. The van der Waals surface area contributed by atoms with Crippen LogP contribution in [-0.2, 0) is 4.79 Å². The highest BCUT2D eigenvalue weighted by atomic mass is 16.1. The molecule has 0 radical (unpaired) electrons. The molecule has 0 amide bonds. The minimum Gasteiger partial charge on any atom is -0.278 e. The molecule has 1 aromatic carbocycles. The number of carbonyl (C=O) groups excluding carboxylic acids is 1. The van der Waals surface area contributed by atoms with Crippen molar-refractivity contribution in [3.63, 3.8) is 0 Å². The minimum atomic E-state index is -0.513. The topological polar surface area (TPSA) is 40.9 Å². The summed E-state index contributed by atoms with van der Waals surface area (Å²) in [5, 5.41) is 8.29. The molecular formula is C11H9NO. The predicted octanol–water partition coefficient (Wildman–Crippen LogP) is 2.18. The van der Waals surface area contributed by atoms with Crippen molar-refractivity contribution < 1.29 is 4.79 Å². The summed E-state index contributed by atoms with van der Waals surface area (Å²) in [6, 6.07) is 11.0. The van der Waals surface area contributed by atoms with Gasteiger partial charge in [-0.1, -0.05) is 30.3 Å². The average molecular weight is 171 g/mol. The molecule has 64 valence electrons. The molecule has 0 spiro atoms. The molecule has 0 aliphatic rings. The first-order valence-electron chi connectivity index (χ1n) is 3.92. The number of rotatable bonds is 2. The zero-order chi connectivity index (χ0) is 9.68. The van der Waals surface area contributed by atoms with E-state index in [1.807, 2.05) is 37.3 Å². The second kappa shape index (κ2) is 4.22. The molecule has 0 saturated carbocycles. The highest BCUT2D eigenvalue weighted by Gasteiger charge is 1.97. The molecule has 0 N–H and O–H groups in total. The van der Waals surface area contributed by atoms with Gasteiger partial charge in [-0.2, -0.15) is 5.26 Å². The zero-order valence-electron chi connectivity index (χ0n) is 7.32. The Morgan fingerprint density at radius 1 is 1.38 bits per heavy atom. The highest BCUT2D eigenvalue weighted by molar-refractivity contribution is 6.06. The minimum absolute atomic E-state index is 0.513. The first kappa shape index (κ1) is 9.21. The zero-order valence-corrected chi connectivity index (χ0v) is 7.32. The summed E-state index contributed by atoms with van der Waals surface area (Å²) in [5.41, 5.74) is 1.78. The van der Waals surface area contributed by atoms with E-state index >= 15 is 0 Å². The van der Waals surface area contributed by atoms with Crippen LogP contribution in [-0.4, -0.2) is 5.78 Å². The third-order valence-electron chi connectivity index (χ3n) is 1.69. The second-order valence-electron chi connectivity index (χ2n) is 2.67. The molecule has 0 aliphatic heterocycles. The molecule has 1 aromatic rings. The number of hydrogen-bond acceptors (Lipinski definition) is 2. The number of allylic oxidation sites excluding steroid dienone is 2. The fourth-order valence-electron chi connectivity index (χ4n) is 1.01. The smallest absolute Gasteiger partial charge is 0.255 e. The van der Waals surface area contributed by atoms with Crippen molar-refractivity contribution in [2.75, 3.05) is 0 Å². The van der Waals surface area contributed by atoms with E-state index in [1.165, 1.54) is 6.08 Å². The van der Waals surface area contributed by atoms with E-state index in [1.54, 1.807) is 6.07 Å². The van der Waals surface area contributed by atoms with Crippen LogP contribution in [0.3, 0.4) is 0 Å². The number of benzene rings is 1. The summed E-state index contributed by atoms with van der Waals surface area (Å²) in [6.45, 7) is 1.81. The van der Waals surface area contributed by atoms with E-state index in [0.29, 0.717) is 0 Å². The van der Waals surface area contributed by atoms with Gasteiger partial charge in [0, 0.05) is 6.08 Å². The highest BCUT2D eigenvalue weighted by Crippen LogP contribution is 2.11. The molecule has 0 atom stereocenters. The lowest BCUT2D eigenvalue weighted by molar-refractivity contribution is -0.109. The first-order chi connectivity index (χ1) is 6.24. The maximum Gasteiger partial charge on any atom is 0.255 e. The van der Waals surface area contributed by atoms with Gasteiger partial charge in [-0.3, -0.25) is 4.79 Å². The van der Waals surface area contributed by atoms with Crippen molar-refractivity contribution in [3.8, 4) is 6.07 Å². The van der Waals surface area contributed by atoms with Crippen molar-refractivity contribution in [1.82, 2.24) is 0 Å². The quantitative estimate of drug-likeness (QED) is 0.505. The monoisotopic (exact) mass is 171 g/mol. The number of nitriles is 1. The Morgan fingerprint density at radius 3 is 2.54 bits per heavy atom. The number of ketones is 1. The summed E-state index contributed by atoms with van der Waals surface area (Å²) in [6.07, 6.45) is 1.34. The molecule has 13 heavy (non-hydrogen) atoms. The molecule has 0 fully saturated rings. The van der Waals surface area contributed by atoms with Crippen molar-refractivity contribution >= 4 is 11.4 Å². The molecule has 0 heterocycles. The normalized spacial score (nSPS) is 10.6. The van der Waals surface area contributed by atoms with Crippen molar-refractivity contribution in [2.24, 2.45) is 0 Å². The van der Waals surface area contributed by atoms with Gasteiger partial charge in [0.05, 0.1) is 0 Å². The van der Waals surface area contributed by atoms with Gasteiger partial charge in [0.25, 0.3) is 5.78 Å². The molecule has 0 saturated heterocycles. The number of hydrogen-bond donors (Lipinski definition) is 0. The van der Waals surface area contributed by atoms with Gasteiger partial charge in [-0.15, -0.1) is 0 Å². The molecule has 0 aliphatic carbocycles. The standard InChI is InChI=1S/C11H9NO/c1-9(7-11(13)8-12)10-5-3-2-4-6-10/h2-7H,1H3/b9-7+. The summed E-state index contributed by atoms with van der Waals surface area (Å²) in [5.74, 6) is -0.513. The SMILES string of the molecule is C/C(=C\C(=O)C#N)c1ccccc1. The van der Waals surface area contributed by atoms with Crippen molar-refractivity contribution in [3.05, 3.63) is 42.0 Å². The van der Waals surface area contributed by atoms with Crippen LogP contribution in [0.4, 0.5) is 0 Å². The molecule has 2 heteroatoms. The Kier molecular flexibility index (Phi) is 2.99. The Hall–Kier alpha value is -1.88. The third kappa shape index (κ3) is 2.57. The van der Waals surface area contributed by atoms with E-state index < -0.39 is 5.78 Å². The molecule has 0 bridgehead atoms. The average Bonchev–Trinajstić information content (AvgIpc) is 2.19. The summed E-state index contributed by atoms with van der Waals surface area (Å²) in [4.78, 5) is 10.8. The predicted molar refractivity (Wildman–Crippen MR) is 50.7 cm³/mol. The van der Waals surface area contributed by atoms with Crippen LogP contribution in [0.1, 0.15) is 12.5 Å². The van der Waals surface area contributed by atoms with Crippen molar-refractivity contribution in [2.45, 2.75) is 6.92 Å². The van der Waals surface area contributed by atoms with Gasteiger partial charge in [0.1, 0.15) is 6.07 Å². The lowest BCUT2D eigenvalue weighted by atomic mass is 10.1. The fourth-order valence-corrected chi connectivity index (χ4v) is 1.01. The maximum atomic E-state index is 10.8. The largest absolute Gasteiger partial charge is 0.278 e. The van der Waals surface area contributed by atoms with E-state index in [4.69, 9.17) is 5.26 Å². The van der Waals surface area contributed by atoms with Gasteiger partial charge >= 0.3 is 0 Å². The molecule has 0 unspecified atom stereocenters. The van der Waals surface area contributed by atoms with E-state index in [0.717, 1.165) is 11.1 Å². The van der Waals surface area contributed by atoms with Crippen LogP contribution in [0.15, 0.2) is 36.4 Å². The van der Waals surface area contributed by atoms with Crippen molar-refractivity contribution in [1.29, 1.82) is 5.26 Å². The van der Waals surface area contributed by atoms with Crippen LogP contribution in [0.2, 0.25) is 0 Å². The maximum absolute atomic E-state index is 10.8. The first-order valence-corrected chi connectivity index (χ1v) is 3.92. The molecule has 1 rings (SSSR count).